The van der Waals surface area contributed by atoms with E-state index < -0.39 is 0 Å². The largest absolute Gasteiger partial charge is 0.335 e. The number of thiazole rings is 1. The standard InChI is InChI=1S/C17H20N4O2S2/c22-15(13-6-3-9-24-13)21-8-7-12-14(10-21)25-17(19-12)20-16(23)18-11-4-1-2-5-11/h3,6,9,11H,1-2,4-5,7-8,10H2,(H2,18,19,20,23). The summed E-state index contributed by atoms with van der Waals surface area (Å²) in [6, 6.07) is 3.86. The van der Waals surface area contributed by atoms with Gasteiger partial charge in [0.2, 0.25) is 0 Å². The number of rotatable bonds is 3. The van der Waals surface area contributed by atoms with Gasteiger partial charge in [0.1, 0.15) is 0 Å². The molecule has 2 aliphatic rings. The van der Waals surface area contributed by atoms with E-state index in [1.165, 1.54) is 35.5 Å². The number of hydrogen-bond acceptors (Lipinski definition) is 5. The van der Waals surface area contributed by atoms with E-state index in [2.05, 4.69) is 15.6 Å². The van der Waals surface area contributed by atoms with E-state index in [4.69, 9.17) is 0 Å². The number of hydrogen-bond donors (Lipinski definition) is 2. The van der Waals surface area contributed by atoms with E-state index in [9.17, 15) is 9.59 Å². The molecular weight excluding hydrogens is 356 g/mol. The Hall–Kier alpha value is -1.93. The average molecular weight is 377 g/mol. The average Bonchev–Trinajstić information content (AvgIpc) is 3.34. The Bertz CT molecular complexity index is 766. The molecule has 3 amide bonds. The molecule has 0 aromatic carbocycles. The Kier molecular flexibility index (Phi) is 4.72. The predicted molar refractivity (Wildman–Crippen MR) is 99.3 cm³/mol. The molecule has 4 rings (SSSR count). The van der Waals surface area contributed by atoms with Crippen LogP contribution in [-0.4, -0.2) is 34.4 Å². The summed E-state index contributed by atoms with van der Waals surface area (Å²) >= 11 is 2.93. The van der Waals surface area contributed by atoms with Crippen molar-refractivity contribution in [3.05, 3.63) is 33.0 Å². The minimum absolute atomic E-state index is 0.0718. The number of fused-ring (bicyclic) bond motifs is 1. The lowest BCUT2D eigenvalue weighted by atomic mass is 10.2. The fourth-order valence-corrected chi connectivity index (χ4v) is 5.08. The van der Waals surface area contributed by atoms with Crippen LogP contribution < -0.4 is 10.6 Å². The van der Waals surface area contributed by atoms with Gasteiger partial charge in [0, 0.05) is 23.9 Å². The number of carbonyl (C=O) groups excluding carboxylic acids is 2. The Morgan fingerprint density at radius 2 is 2.12 bits per heavy atom. The summed E-state index contributed by atoms with van der Waals surface area (Å²) in [5.41, 5.74) is 0.997. The SMILES string of the molecule is O=C(Nc1nc2c(s1)CN(C(=O)c1cccs1)CC2)NC1CCCC1. The van der Waals surface area contributed by atoms with Gasteiger partial charge >= 0.3 is 6.03 Å². The second-order valence-electron chi connectivity index (χ2n) is 6.42. The molecule has 1 saturated carbocycles. The number of amides is 3. The van der Waals surface area contributed by atoms with Crippen molar-refractivity contribution >= 4 is 39.7 Å². The molecule has 6 nitrogen and oxygen atoms in total. The van der Waals surface area contributed by atoms with Gasteiger partial charge in [-0.2, -0.15) is 0 Å². The van der Waals surface area contributed by atoms with Gasteiger partial charge in [0.25, 0.3) is 5.91 Å². The first-order valence-corrected chi connectivity index (χ1v) is 10.3. The van der Waals surface area contributed by atoms with Crippen LogP contribution in [0.2, 0.25) is 0 Å². The van der Waals surface area contributed by atoms with E-state index in [1.54, 1.807) is 0 Å². The molecule has 25 heavy (non-hydrogen) atoms. The van der Waals surface area contributed by atoms with Crippen molar-refractivity contribution in [3.63, 3.8) is 0 Å². The summed E-state index contributed by atoms with van der Waals surface area (Å²) in [4.78, 5) is 32.8. The highest BCUT2D eigenvalue weighted by molar-refractivity contribution is 7.16. The summed E-state index contributed by atoms with van der Waals surface area (Å²) in [6.07, 6.45) is 5.22. The van der Waals surface area contributed by atoms with E-state index >= 15 is 0 Å². The van der Waals surface area contributed by atoms with Crippen molar-refractivity contribution < 1.29 is 9.59 Å². The monoisotopic (exact) mass is 376 g/mol. The maximum Gasteiger partial charge on any atom is 0.321 e. The zero-order valence-corrected chi connectivity index (χ0v) is 15.4. The third kappa shape index (κ3) is 3.69. The highest BCUT2D eigenvalue weighted by Gasteiger charge is 2.26. The van der Waals surface area contributed by atoms with Crippen LogP contribution in [0, 0.1) is 0 Å². The number of nitrogens with zero attached hydrogens (tertiary/aromatic N) is 2. The highest BCUT2D eigenvalue weighted by Crippen LogP contribution is 2.29. The number of thiophene rings is 1. The summed E-state index contributed by atoms with van der Waals surface area (Å²) in [7, 11) is 0. The molecule has 0 saturated heterocycles. The second kappa shape index (κ2) is 7.13. The molecule has 0 bridgehead atoms. The van der Waals surface area contributed by atoms with Crippen LogP contribution in [0.1, 0.15) is 45.9 Å². The van der Waals surface area contributed by atoms with Crippen LogP contribution in [-0.2, 0) is 13.0 Å². The molecule has 0 unspecified atom stereocenters. The fourth-order valence-electron chi connectivity index (χ4n) is 3.37. The van der Waals surface area contributed by atoms with Gasteiger partial charge in [0.15, 0.2) is 5.13 Å². The molecule has 3 heterocycles. The molecule has 1 aliphatic carbocycles. The lowest BCUT2D eigenvalue weighted by Crippen LogP contribution is -2.36. The summed E-state index contributed by atoms with van der Waals surface area (Å²) in [6.45, 7) is 1.23. The molecule has 8 heteroatoms. The number of anilines is 1. The first-order chi connectivity index (χ1) is 12.2. The van der Waals surface area contributed by atoms with Crippen LogP contribution >= 0.6 is 22.7 Å². The molecule has 0 spiro atoms. The van der Waals surface area contributed by atoms with Gasteiger partial charge in [-0.15, -0.1) is 11.3 Å². The van der Waals surface area contributed by atoms with E-state index in [0.29, 0.717) is 18.2 Å². The first-order valence-electron chi connectivity index (χ1n) is 8.58. The van der Waals surface area contributed by atoms with Crippen molar-refractivity contribution in [2.24, 2.45) is 0 Å². The van der Waals surface area contributed by atoms with Crippen LogP contribution in [0.4, 0.5) is 9.93 Å². The number of carbonyl (C=O) groups is 2. The van der Waals surface area contributed by atoms with Crippen molar-refractivity contribution in [1.82, 2.24) is 15.2 Å². The Morgan fingerprint density at radius 3 is 2.88 bits per heavy atom. The molecule has 2 aromatic rings. The maximum absolute atomic E-state index is 12.5. The van der Waals surface area contributed by atoms with E-state index in [0.717, 1.165) is 34.7 Å². The topological polar surface area (TPSA) is 74.3 Å². The molecule has 0 atom stereocenters. The van der Waals surface area contributed by atoms with Crippen molar-refractivity contribution in [3.8, 4) is 0 Å². The van der Waals surface area contributed by atoms with Crippen LogP contribution in [0.3, 0.4) is 0 Å². The second-order valence-corrected chi connectivity index (χ2v) is 8.45. The predicted octanol–water partition coefficient (Wildman–Crippen LogP) is 3.47. The molecule has 2 aromatic heterocycles. The van der Waals surface area contributed by atoms with Crippen molar-refractivity contribution in [1.29, 1.82) is 0 Å². The fraction of sp³-hybridized carbons (Fsp3) is 0.471. The zero-order valence-electron chi connectivity index (χ0n) is 13.8. The highest BCUT2D eigenvalue weighted by atomic mass is 32.1. The molecule has 1 fully saturated rings. The third-order valence-corrected chi connectivity index (χ3v) is 6.52. The Balaban J connectivity index is 1.38. The minimum atomic E-state index is -0.176. The van der Waals surface area contributed by atoms with Gasteiger partial charge in [-0.3, -0.25) is 10.1 Å². The molecule has 132 valence electrons. The third-order valence-electron chi connectivity index (χ3n) is 4.66. The zero-order chi connectivity index (χ0) is 17.2. The number of nitrogens with one attached hydrogen (secondary N) is 2. The maximum atomic E-state index is 12.5. The van der Waals surface area contributed by atoms with Gasteiger partial charge in [-0.1, -0.05) is 30.2 Å². The minimum Gasteiger partial charge on any atom is -0.335 e. The normalized spacial score (nSPS) is 17.4. The van der Waals surface area contributed by atoms with Gasteiger partial charge in [-0.05, 0) is 24.3 Å². The van der Waals surface area contributed by atoms with Crippen molar-refractivity contribution in [2.45, 2.75) is 44.7 Å². The number of aromatic nitrogens is 1. The van der Waals surface area contributed by atoms with Crippen molar-refractivity contribution in [2.75, 3.05) is 11.9 Å². The lowest BCUT2D eigenvalue weighted by Gasteiger charge is -2.25. The Morgan fingerprint density at radius 1 is 1.28 bits per heavy atom. The first kappa shape index (κ1) is 16.5. The summed E-state index contributed by atoms with van der Waals surface area (Å²) in [5, 5.41) is 8.39. The molecule has 1 aliphatic heterocycles. The van der Waals surface area contributed by atoms with E-state index in [1.807, 2.05) is 22.4 Å². The van der Waals surface area contributed by atoms with Crippen LogP contribution in [0.5, 0.6) is 0 Å². The summed E-state index contributed by atoms with van der Waals surface area (Å²) in [5.74, 6) is 0.0718. The number of urea groups is 1. The van der Waals surface area contributed by atoms with Gasteiger partial charge < -0.3 is 10.2 Å². The van der Waals surface area contributed by atoms with Crippen LogP contribution in [0.25, 0.3) is 0 Å². The Labute approximate surface area is 154 Å². The summed E-state index contributed by atoms with van der Waals surface area (Å²) < 4.78 is 0. The van der Waals surface area contributed by atoms with Gasteiger partial charge in [-0.25, -0.2) is 9.78 Å². The van der Waals surface area contributed by atoms with Crippen LogP contribution in [0.15, 0.2) is 17.5 Å². The smallest absolute Gasteiger partial charge is 0.321 e. The molecule has 0 radical (unpaired) electrons. The molecular formula is C17H20N4O2S2. The quantitative estimate of drug-likeness (QED) is 0.861. The molecule has 2 N–H and O–H groups in total. The van der Waals surface area contributed by atoms with Gasteiger partial charge in [0.05, 0.1) is 17.1 Å². The lowest BCUT2D eigenvalue weighted by molar-refractivity contribution is 0.0741. The van der Waals surface area contributed by atoms with E-state index in [-0.39, 0.29) is 18.0 Å².